The van der Waals surface area contributed by atoms with Crippen LogP contribution in [0.2, 0.25) is 0 Å². The molecule has 0 bridgehead atoms. The van der Waals surface area contributed by atoms with Gasteiger partial charge >= 0.3 is 0 Å². The minimum Gasteiger partial charge on any atom is -0.454 e. The molecule has 1 amide bonds. The molecule has 0 saturated carbocycles. The van der Waals surface area contributed by atoms with Crippen LogP contribution < -0.4 is 20.1 Å². The Morgan fingerprint density at radius 3 is 2.64 bits per heavy atom. The quantitative estimate of drug-likeness (QED) is 0.775. The van der Waals surface area contributed by atoms with Crippen molar-refractivity contribution < 1.29 is 19.6 Å². The maximum atomic E-state index is 12.5. The van der Waals surface area contributed by atoms with Crippen LogP contribution >= 0.6 is 15.9 Å². The van der Waals surface area contributed by atoms with Crippen LogP contribution in [0, 0.1) is 0 Å². The zero-order valence-corrected chi connectivity index (χ0v) is 15.9. The Bertz CT molecular complexity index is 749. The molecule has 0 aromatic heterocycles. The second-order valence-electron chi connectivity index (χ2n) is 6.10. The molecule has 132 valence electrons. The summed E-state index contributed by atoms with van der Waals surface area (Å²) in [5.41, 5.74) is 1.93. The lowest BCUT2D eigenvalue weighted by Gasteiger charge is -2.19. The van der Waals surface area contributed by atoms with Crippen molar-refractivity contribution in [3.05, 3.63) is 52.5 Å². The van der Waals surface area contributed by atoms with Crippen LogP contribution in [0.25, 0.3) is 0 Å². The van der Waals surface area contributed by atoms with E-state index < -0.39 is 0 Å². The average molecular weight is 406 g/mol. The van der Waals surface area contributed by atoms with E-state index in [9.17, 15) is 4.79 Å². The van der Waals surface area contributed by atoms with Crippen molar-refractivity contribution in [3.8, 4) is 11.5 Å². The predicted molar refractivity (Wildman–Crippen MR) is 99.8 cm³/mol. The highest BCUT2D eigenvalue weighted by molar-refractivity contribution is 9.10. The lowest BCUT2D eigenvalue weighted by molar-refractivity contribution is -0.713. The van der Waals surface area contributed by atoms with Gasteiger partial charge in [0.2, 0.25) is 6.79 Å². The third-order valence-corrected chi connectivity index (χ3v) is 4.84. The SMILES string of the molecule is CC[C@H]([NH2+][C@H](C)C(=O)Nc1ccc2c(c1)OCO2)c1ccc(Br)cc1. The molecular formula is C19H22BrN2O3+. The molecule has 2 atom stereocenters. The van der Waals surface area contributed by atoms with Crippen molar-refractivity contribution in [1.82, 2.24) is 0 Å². The second-order valence-corrected chi connectivity index (χ2v) is 7.02. The van der Waals surface area contributed by atoms with Crippen LogP contribution in [-0.2, 0) is 4.79 Å². The fourth-order valence-corrected chi connectivity index (χ4v) is 3.12. The minimum atomic E-state index is -0.209. The fraction of sp³-hybridized carbons (Fsp3) is 0.316. The van der Waals surface area contributed by atoms with Gasteiger partial charge in [0, 0.05) is 28.2 Å². The van der Waals surface area contributed by atoms with E-state index in [0.29, 0.717) is 17.2 Å². The first-order chi connectivity index (χ1) is 12.1. The van der Waals surface area contributed by atoms with E-state index in [1.807, 2.05) is 31.2 Å². The fourth-order valence-electron chi connectivity index (χ4n) is 2.86. The van der Waals surface area contributed by atoms with E-state index in [1.165, 1.54) is 5.56 Å². The van der Waals surface area contributed by atoms with Gasteiger partial charge in [-0.1, -0.05) is 35.0 Å². The maximum Gasteiger partial charge on any atom is 0.282 e. The second kappa shape index (κ2) is 7.89. The van der Waals surface area contributed by atoms with Crippen LogP contribution in [0.3, 0.4) is 0 Å². The number of anilines is 1. The molecule has 1 aliphatic rings. The maximum absolute atomic E-state index is 12.5. The molecular weight excluding hydrogens is 384 g/mol. The Kier molecular flexibility index (Phi) is 5.60. The molecule has 3 rings (SSSR count). The van der Waals surface area contributed by atoms with Gasteiger partial charge < -0.3 is 20.1 Å². The number of amides is 1. The Hall–Kier alpha value is -2.05. The molecule has 0 fully saturated rings. The molecule has 1 heterocycles. The number of nitrogens with two attached hydrogens (primary N) is 1. The first-order valence-electron chi connectivity index (χ1n) is 8.37. The summed E-state index contributed by atoms with van der Waals surface area (Å²) in [4.78, 5) is 12.5. The van der Waals surface area contributed by atoms with Crippen molar-refractivity contribution in [3.63, 3.8) is 0 Å². The van der Waals surface area contributed by atoms with Crippen LogP contribution in [0.4, 0.5) is 5.69 Å². The molecule has 0 unspecified atom stereocenters. The monoisotopic (exact) mass is 405 g/mol. The number of fused-ring (bicyclic) bond motifs is 1. The summed E-state index contributed by atoms with van der Waals surface area (Å²) in [5.74, 6) is 1.34. The molecule has 25 heavy (non-hydrogen) atoms. The van der Waals surface area contributed by atoms with E-state index >= 15 is 0 Å². The lowest BCUT2D eigenvalue weighted by atomic mass is 10.0. The highest BCUT2D eigenvalue weighted by atomic mass is 79.9. The summed E-state index contributed by atoms with van der Waals surface area (Å²) in [6.45, 7) is 4.28. The number of rotatable bonds is 6. The van der Waals surface area contributed by atoms with Crippen LogP contribution in [0.15, 0.2) is 46.9 Å². The zero-order chi connectivity index (χ0) is 17.8. The average Bonchev–Trinajstić information content (AvgIpc) is 3.08. The van der Waals surface area contributed by atoms with E-state index in [0.717, 1.165) is 10.9 Å². The van der Waals surface area contributed by atoms with Gasteiger partial charge in [-0.25, -0.2) is 0 Å². The number of carbonyl (C=O) groups excluding carboxylic acids is 1. The van der Waals surface area contributed by atoms with Crippen molar-refractivity contribution in [2.24, 2.45) is 0 Å². The molecule has 3 N–H and O–H groups in total. The Labute approximate surface area is 155 Å². The van der Waals surface area contributed by atoms with Gasteiger partial charge in [-0.2, -0.15) is 0 Å². The van der Waals surface area contributed by atoms with Crippen LogP contribution in [-0.4, -0.2) is 18.7 Å². The Balaban J connectivity index is 1.62. The third-order valence-electron chi connectivity index (χ3n) is 4.31. The summed E-state index contributed by atoms with van der Waals surface area (Å²) in [7, 11) is 0. The summed E-state index contributed by atoms with van der Waals surface area (Å²) in [6.07, 6.45) is 0.948. The number of carbonyl (C=O) groups is 1. The van der Waals surface area contributed by atoms with E-state index in [1.54, 1.807) is 6.07 Å². The van der Waals surface area contributed by atoms with Crippen molar-refractivity contribution >= 4 is 27.5 Å². The number of ether oxygens (including phenoxy) is 2. The highest BCUT2D eigenvalue weighted by Crippen LogP contribution is 2.34. The van der Waals surface area contributed by atoms with Gasteiger partial charge in [0.1, 0.15) is 6.04 Å². The molecule has 0 saturated heterocycles. The number of hydrogen-bond donors (Lipinski definition) is 2. The normalized spacial score (nSPS) is 14.8. The summed E-state index contributed by atoms with van der Waals surface area (Å²) >= 11 is 3.46. The lowest BCUT2D eigenvalue weighted by Crippen LogP contribution is -2.92. The number of halogens is 1. The Morgan fingerprint density at radius 1 is 1.20 bits per heavy atom. The topological polar surface area (TPSA) is 64.2 Å². The zero-order valence-electron chi connectivity index (χ0n) is 14.3. The van der Waals surface area contributed by atoms with Gasteiger partial charge in [0.05, 0.1) is 0 Å². The first-order valence-corrected chi connectivity index (χ1v) is 9.17. The molecule has 2 aromatic carbocycles. The first kappa shape index (κ1) is 17.8. The predicted octanol–water partition coefficient (Wildman–Crippen LogP) is 3.22. The van der Waals surface area contributed by atoms with Crippen molar-refractivity contribution in [2.45, 2.75) is 32.4 Å². The molecule has 2 aromatic rings. The number of hydrogen-bond acceptors (Lipinski definition) is 3. The highest BCUT2D eigenvalue weighted by Gasteiger charge is 2.23. The number of nitrogens with one attached hydrogen (secondary N) is 1. The van der Waals surface area contributed by atoms with E-state index in [4.69, 9.17) is 9.47 Å². The van der Waals surface area contributed by atoms with Crippen molar-refractivity contribution in [2.75, 3.05) is 12.1 Å². The molecule has 0 spiro atoms. The minimum absolute atomic E-state index is 0.0329. The molecule has 0 aliphatic carbocycles. The Morgan fingerprint density at radius 2 is 1.92 bits per heavy atom. The van der Waals surface area contributed by atoms with Gasteiger partial charge in [0.25, 0.3) is 5.91 Å². The number of benzene rings is 2. The molecule has 6 heteroatoms. The summed E-state index contributed by atoms with van der Waals surface area (Å²) in [5, 5.41) is 5.05. The molecule has 1 aliphatic heterocycles. The van der Waals surface area contributed by atoms with Gasteiger partial charge in [-0.15, -0.1) is 0 Å². The van der Waals surface area contributed by atoms with Crippen molar-refractivity contribution in [1.29, 1.82) is 0 Å². The van der Waals surface area contributed by atoms with Gasteiger partial charge in [-0.05, 0) is 31.2 Å². The third kappa shape index (κ3) is 4.32. The molecule has 0 radical (unpaired) electrons. The van der Waals surface area contributed by atoms with Crippen LogP contribution in [0.5, 0.6) is 11.5 Å². The van der Waals surface area contributed by atoms with Gasteiger partial charge in [-0.3, -0.25) is 4.79 Å². The van der Waals surface area contributed by atoms with Gasteiger partial charge in [0.15, 0.2) is 17.5 Å². The van der Waals surface area contributed by atoms with Crippen LogP contribution in [0.1, 0.15) is 31.9 Å². The summed E-state index contributed by atoms with van der Waals surface area (Å²) in [6, 6.07) is 13.7. The largest absolute Gasteiger partial charge is 0.454 e. The van der Waals surface area contributed by atoms with E-state index in [-0.39, 0.29) is 24.8 Å². The summed E-state index contributed by atoms with van der Waals surface area (Å²) < 4.78 is 11.7. The van der Waals surface area contributed by atoms with E-state index in [2.05, 4.69) is 45.6 Å². The smallest absolute Gasteiger partial charge is 0.282 e. The standard InChI is InChI=1S/C19H21BrN2O3/c1-3-16(13-4-6-14(20)7-5-13)21-12(2)19(23)22-15-8-9-17-18(10-15)25-11-24-17/h4-10,12,16,21H,3,11H2,1-2H3,(H,22,23)/p+1/t12-,16+/m1/s1. The number of quaternary nitrogens is 1. The molecule has 5 nitrogen and oxygen atoms in total.